The van der Waals surface area contributed by atoms with Gasteiger partial charge in [-0.2, -0.15) is 39.5 Å². The maximum absolute atomic E-state index is 13.6. The van der Waals surface area contributed by atoms with Crippen molar-refractivity contribution in [2.24, 2.45) is 11.8 Å². The molecule has 0 spiro atoms. The van der Waals surface area contributed by atoms with E-state index < -0.39 is 29.9 Å². The summed E-state index contributed by atoms with van der Waals surface area (Å²) in [5, 5.41) is 4.47. The van der Waals surface area contributed by atoms with E-state index in [0.717, 1.165) is 50.8 Å². The molecule has 2 saturated carbocycles. The average molecular weight is 865 g/mol. The molecule has 2 fully saturated rings. The van der Waals surface area contributed by atoms with Gasteiger partial charge in [0.15, 0.2) is 0 Å². The molecular weight excluding hydrogens is 820 g/mol. The molecule has 326 valence electrons. The Hall–Kier alpha value is -5.39. The number of benzene rings is 6. The third kappa shape index (κ3) is 8.79. The monoisotopic (exact) mass is 864 g/mol. The van der Waals surface area contributed by atoms with Gasteiger partial charge in [0.05, 0.1) is 0 Å². The van der Waals surface area contributed by atoms with Crippen molar-refractivity contribution in [3.63, 3.8) is 0 Å². The summed E-state index contributed by atoms with van der Waals surface area (Å²) in [6.07, 6.45) is -14.4. The predicted molar refractivity (Wildman–Crippen MR) is 221 cm³/mol. The minimum absolute atomic E-state index is 0.0381. The van der Waals surface area contributed by atoms with Crippen molar-refractivity contribution in [2.45, 2.75) is 100 Å². The molecule has 62 heavy (non-hydrogen) atoms. The molecule has 6 atom stereocenters. The number of hydrogen-bond acceptors (Lipinski definition) is 3. The van der Waals surface area contributed by atoms with E-state index in [1.807, 2.05) is 85.8 Å². The van der Waals surface area contributed by atoms with E-state index in [0.29, 0.717) is 48.0 Å². The van der Waals surface area contributed by atoms with E-state index in [4.69, 9.17) is 9.47 Å². The molecule has 6 unspecified atom stereocenters. The molecule has 3 nitrogen and oxygen atoms in total. The Balaban J connectivity index is 0.991. The summed E-state index contributed by atoms with van der Waals surface area (Å²) in [5.41, 5.74) is -3.82. The van der Waals surface area contributed by atoms with E-state index in [-0.39, 0.29) is 23.9 Å². The molecule has 12 heteroatoms. The zero-order chi connectivity index (χ0) is 44.0. The van der Waals surface area contributed by atoms with Gasteiger partial charge in [-0.25, -0.2) is 0 Å². The number of fused-ring (bicyclic) bond motifs is 4. The highest BCUT2D eigenvalue weighted by Gasteiger charge is 2.87. The van der Waals surface area contributed by atoms with Crippen LogP contribution in [0.2, 0.25) is 0 Å². The number of halogens is 9. The molecule has 6 aromatic carbocycles. The van der Waals surface area contributed by atoms with Gasteiger partial charge in [0.1, 0.15) is 29.1 Å². The second-order valence-electron chi connectivity index (χ2n) is 17.1. The highest BCUT2D eigenvalue weighted by Crippen LogP contribution is 2.55. The fourth-order valence-electron chi connectivity index (χ4n) is 9.50. The quantitative estimate of drug-likeness (QED) is 0.0855. The van der Waals surface area contributed by atoms with E-state index >= 15 is 0 Å². The van der Waals surface area contributed by atoms with Gasteiger partial charge in [-0.15, -0.1) is 0 Å². The van der Waals surface area contributed by atoms with Crippen LogP contribution in [0.25, 0.3) is 21.5 Å². The minimum Gasteiger partial charge on any atom is -0.490 e. The van der Waals surface area contributed by atoms with Crippen molar-refractivity contribution >= 4 is 21.5 Å². The van der Waals surface area contributed by atoms with Crippen LogP contribution < -0.4 is 14.2 Å². The van der Waals surface area contributed by atoms with Gasteiger partial charge in [0.25, 0.3) is 0 Å². The summed E-state index contributed by atoms with van der Waals surface area (Å²) in [4.78, 5) is 0. The summed E-state index contributed by atoms with van der Waals surface area (Å²) < 4.78 is 139. The zero-order valence-electron chi connectivity index (χ0n) is 34.0. The number of rotatable bonds is 13. The van der Waals surface area contributed by atoms with Crippen LogP contribution >= 0.6 is 0 Å². The average Bonchev–Trinajstić information content (AvgIpc) is 3.85. The molecule has 2 aliphatic rings. The summed E-state index contributed by atoms with van der Waals surface area (Å²) >= 11 is 0. The van der Waals surface area contributed by atoms with Crippen molar-refractivity contribution < 1.29 is 53.7 Å². The first-order valence-corrected chi connectivity index (χ1v) is 20.8. The second-order valence-corrected chi connectivity index (χ2v) is 17.1. The zero-order valence-corrected chi connectivity index (χ0v) is 34.0. The van der Waals surface area contributed by atoms with Crippen LogP contribution in [0.4, 0.5) is 39.5 Å². The summed E-state index contributed by atoms with van der Waals surface area (Å²) in [7, 11) is 0. The molecule has 0 N–H and O–H groups in total. The van der Waals surface area contributed by atoms with E-state index in [9.17, 15) is 39.5 Å². The SMILES string of the molecule is CC(CC(CC(C)c1ccc(OC(C(F)(F)F)(C(F)(F)F)C(F)(F)F)cc1)c1ccc(OC2CC3CCC2C3)cc1)c1ccc(Oc2ccc3cc4ccccc4cc3c2)cc1. The van der Waals surface area contributed by atoms with Gasteiger partial charge < -0.3 is 14.2 Å². The smallest absolute Gasteiger partial charge is 0.447 e. The first kappa shape index (κ1) is 43.3. The molecule has 0 heterocycles. The molecule has 8 rings (SSSR count). The number of ether oxygens (including phenoxy) is 3. The van der Waals surface area contributed by atoms with E-state index in [2.05, 4.69) is 35.9 Å². The Bertz CT molecular complexity index is 2440. The van der Waals surface area contributed by atoms with E-state index in [1.54, 1.807) is 0 Å². The maximum Gasteiger partial charge on any atom is 0.447 e. The van der Waals surface area contributed by atoms with Gasteiger partial charge in [0.2, 0.25) is 0 Å². The van der Waals surface area contributed by atoms with Crippen LogP contribution in [0.5, 0.6) is 23.0 Å². The Morgan fingerprint density at radius 3 is 1.50 bits per heavy atom. The van der Waals surface area contributed by atoms with Gasteiger partial charge in [-0.1, -0.05) is 80.6 Å². The Kier molecular flexibility index (Phi) is 11.7. The second kappa shape index (κ2) is 16.7. The normalized spacial score (nSPS) is 19.7. The molecule has 0 aromatic heterocycles. The van der Waals surface area contributed by atoms with Crippen LogP contribution in [0, 0.1) is 11.8 Å². The lowest BCUT2D eigenvalue weighted by molar-refractivity contribution is -0.436. The minimum atomic E-state index is -6.84. The molecule has 2 aliphatic carbocycles. The molecular formula is C50H45F9O3. The summed E-state index contributed by atoms with van der Waals surface area (Å²) in [5.74, 6) is 1.89. The first-order chi connectivity index (χ1) is 29.4. The van der Waals surface area contributed by atoms with E-state index in [1.165, 1.54) is 31.4 Å². The lowest BCUT2D eigenvalue weighted by atomic mass is 9.79. The number of hydrogen-bond donors (Lipinski definition) is 0. The molecule has 0 saturated heterocycles. The van der Waals surface area contributed by atoms with Crippen LogP contribution in [-0.4, -0.2) is 30.2 Å². The maximum atomic E-state index is 13.6. The van der Waals surface area contributed by atoms with Gasteiger partial charge >= 0.3 is 24.1 Å². The van der Waals surface area contributed by atoms with Crippen molar-refractivity contribution in [3.05, 3.63) is 144 Å². The molecule has 0 radical (unpaired) electrons. The van der Waals surface area contributed by atoms with Crippen molar-refractivity contribution in [1.82, 2.24) is 0 Å². The number of alkyl halides is 9. The first-order valence-electron chi connectivity index (χ1n) is 20.8. The van der Waals surface area contributed by atoms with Crippen molar-refractivity contribution in [2.75, 3.05) is 0 Å². The molecule has 2 bridgehead atoms. The topological polar surface area (TPSA) is 27.7 Å². The largest absolute Gasteiger partial charge is 0.490 e. The van der Waals surface area contributed by atoms with Crippen molar-refractivity contribution in [1.29, 1.82) is 0 Å². The summed E-state index contributed by atoms with van der Waals surface area (Å²) in [6.45, 7) is 3.96. The Labute approximate surface area is 353 Å². The fourth-order valence-corrected chi connectivity index (χ4v) is 9.50. The van der Waals surface area contributed by atoms with Gasteiger partial charge in [0, 0.05) is 0 Å². The molecule has 0 aliphatic heterocycles. The van der Waals surface area contributed by atoms with Crippen molar-refractivity contribution in [3.8, 4) is 23.0 Å². The fraction of sp³-hybridized carbons (Fsp3) is 0.360. The Morgan fingerprint density at radius 2 is 0.984 bits per heavy atom. The van der Waals surface area contributed by atoms with Crippen LogP contribution in [-0.2, 0) is 0 Å². The third-order valence-corrected chi connectivity index (χ3v) is 12.9. The lowest BCUT2D eigenvalue weighted by Crippen LogP contribution is -2.69. The molecule has 0 amide bonds. The summed E-state index contributed by atoms with van der Waals surface area (Å²) in [6, 6.07) is 38.2. The Morgan fingerprint density at radius 1 is 0.500 bits per heavy atom. The lowest BCUT2D eigenvalue weighted by Gasteiger charge is -2.38. The predicted octanol–water partition coefficient (Wildman–Crippen LogP) is 15.6. The van der Waals surface area contributed by atoms with Gasteiger partial charge in [-0.05, 0) is 167 Å². The van der Waals surface area contributed by atoms with Gasteiger partial charge in [-0.3, -0.25) is 0 Å². The van der Waals surface area contributed by atoms with Crippen LogP contribution in [0.1, 0.15) is 86.8 Å². The van der Waals surface area contributed by atoms with Crippen LogP contribution in [0.15, 0.2) is 127 Å². The van der Waals surface area contributed by atoms with Crippen LogP contribution in [0.3, 0.4) is 0 Å². The highest BCUT2D eigenvalue weighted by molar-refractivity contribution is 5.98. The third-order valence-electron chi connectivity index (χ3n) is 12.9. The molecule has 6 aromatic rings. The standard InChI is InChI=1S/C50H45F9O3/c1-30(33-9-16-42(17-10-33)60-45-22-15-38-27-36-5-3-4-6-37(36)28-41(38)29-45)23-40(35-13-18-43(19-14-35)61-46-26-32-7-8-39(46)25-32)24-31(2)34-11-20-44(21-12-34)62-47(48(51,52)53,49(54,55)56)50(57,58)59/h3-6,9-22,27-32,39-40,46H,7-8,23-26H2,1-2H3. The highest BCUT2D eigenvalue weighted by atomic mass is 19.4.